The van der Waals surface area contributed by atoms with Crippen LogP contribution in [0.1, 0.15) is 10.5 Å². The second-order valence-corrected chi connectivity index (χ2v) is 5.59. The predicted molar refractivity (Wildman–Crippen MR) is 95.5 cm³/mol. The molecule has 2 N–H and O–H groups in total. The Hall–Kier alpha value is -1.98. The summed E-state index contributed by atoms with van der Waals surface area (Å²) in [5.74, 6) is 0.284. The van der Waals surface area contributed by atoms with Gasteiger partial charge >= 0.3 is 0 Å². The standard InChI is InChI=1S/C16H17ClN4O.ClH/c17-12-4-1-2-6-14(12)20-8-10-21(11-9-20)16(22)13-5-3-7-15(18)19-13;/h1-7H,8-11H2,(H2,18,19);1H. The lowest BCUT2D eigenvalue weighted by Gasteiger charge is -2.36. The summed E-state index contributed by atoms with van der Waals surface area (Å²) in [7, 11) is 0. The molecule has 1 aliphatic rings. The number of hydrogen-bond acceptors (Lipinski definition) is 4. The van der Waals surface area contributed by atoms with Gasteiger partial charge in [-0.05, 0) is 24.3 Å². The maximum absolute atomic E-state index is 12.4. The fourth-order valence-corrected chi connectivity index (χ4v) is 2.85. The molecule has 0 radical (unpaired) electrons. The minimum atomic E-state index is -0.0777. The number of carbonyl (C=O) groups excluding carboxylic acids is 1. The Labute approximate surface area is 146 Å². The van der Waals surface area contributed by atoms with Gasteiger partial charge in [-0.15, -0.1) is 12.4 Å². The summed E-state index contributed by atoms with van der Waals surface area (Å²) in [4.78, 5) is 20.5. The van der Waals surface area contributed by atoms with E-state index in [1.165, 1.54) is 0 Å². The van der Waals surface area contributed by atoms with E-state index in [1.807, 2.05) is 24.3 Å². The van der Waals surface area contributed by atoms with Crippen molar-refractivity contribution in [2.45, 2.75) is 0 Å². The third-order valence-electron chi connectivity index (χ3n) is 3.75. The molecule has 3 rings (SSSR count). The number of hydrogen-bond donors (Lipinski definition) is 1. The Morgan fingerprint density at radius 3 is 2.39 bits per heavy atom. The first-order chi connectivity index (χ1) is 10.6. The highest BCUT2D eigenvalue weighted by Crippen LogP contribution is 2.26. The van der Waals surface area contributed by atoms with E-state index in [0.29, 0.717) is 24.6 Å². The number of anilines is 2. The van der Waals surface area contributed by atoms with Crippen LogP contribution in [0, 0.1) is 0 Å². The number of amides is 1. The zero-order chi connectivity index (χ0) is 15.5. The molecule has 122 valence electrons. The Morgan fingerprint density at radius 2 is 1.74 bits per heavy atom. The number of piperazine rings is 1. The zero-order valence-electron chi connectivity index (χ0n) is 12.5. The lowest BCUT2D eigenvalue weighted by Crippen LogP contribution is -2.49. The van der Waals surface area contributed by atoms with Crippen molar-refractivity contribution >= 4 is 41.4 Å². The summed E-state index contributed by atoms with van der Waals surface area (Å²) >= 11 is 6.22. The van der Waals surface area contributed by atoms with Crippen LogP contribution < -0.4 is 10.6 Å². The molecule has 1 fully saturated rings. The highest BCUT2D eigenvalue weighted by molar-refractivity contribution is 6.33. The summed E-state index contributed by atoms with van der Waals surface area (Å²) in [5.41, 5.74) is 7.04. The molecule has 23 heavy (non-hydrogen) atoms. The molecule has 0 unspecified atom stereocenters. The van der Waals surface area contributed by atoms with E-state index in [4.69, 9.17) is 17.3 Å². The van der Waals surface area contributed by atoms with Gasteiger partial charge in [0.25, 0.3) is 5.91 Å². The summed E-state index contributed by atoms with van der Waals surface area (Å²) in [6.45, 7) is 2.77. The van der Waals surface area contributed by atoms with Gasteiger partial charge < -0.3 is 15.5 Å². The molecule has 1 amide bonds. The molecular formula is C16H18Cl2N4O. The molecule has 1 saturated heterocycles. The highest BCUT2D eigenvalue weighted by Gasteiger charge is 2.23. The van der Waals surface area contributed by atoms with E-state index in [9.17, 15) is 4.79 Å². The average Bonchev–Trinajstić information content (AvgIpc) is 2.55. The summed E-state index contributed by atoms with van der Waals surface area (Å²) in [6, 6.07) is 12.9. The number of halogens is 2. The summed E-state index contributed by atoms with van der Waals surface area (Å²) in [6.07, 6.45) is 0. The van der Waals surface area contributed by atoms with Gasteiger partial charge in [0, 0.05) is 26.2 Å². The topological polar surface area (TPSA) is 62.5 Å². The molecular weight excluding hydrogens is 335 g/mol. The number of nitrogens with two attached hydrogens (primary N) is 1. The van der Waals surface area contributed by atoms with E-state index in [0.717, 1.165) is 23.8 Å². The highest BCUT2D eigenvalue weighted by atomic mass is 35.5. The summed E-state index contributed by atoms with van der Waals surface area (Å²) < 4.78 is 0. The van der Waals surface area contributed by atoms with Crippen molar-refractivity contribution in [1.82, 2.24) is 9.88 Å². The Morgan fingerprint density at radius 1 is 1.04 bits per heavy atom. The summed E-state index contributed by atoms with van der Waals surface area (Å²) in [5, 5.41) is 0.736. The minimum absolute atomic E-state index is 0. The first kappa shape index (κ1) is 17.4. The van der Waals surface area contributed by atoms with Crippen molar-refractivity contribution in [3.63, 3.8) is 0 Å². The first-order valence-electron chi connectivity index (χ1n) is 7.16. The van der Waals surface area contributed by atoms with E-state index in [-0.39, 0.29) is 18.3 Å². The number of nitrogen functional groups attached to an aromatic ring is 1. The molecule has 0 spiro atoms. The molecule has 2 heterocycles. The van der Waals surface area contributed by atoms with Crippen molar-refractivity contribution in [2.75, 3.05) is 36.8 Å². The minimum Gasteiger partial charge on any atom is -0.384 e. The Bertz CT molecular complexity index is 687. The quantitative estimate of drug-likeness (QED) is 0.902. The largest absolute Gasteiger partial charge is 0.384 e. The molecule has 5 nitrogen and oxygen atoms in total. The normalized spacial score (nSPS) is 14.3. The van der Waals surface area contributed by atoms with Gasteiger partial charge in [0.2, 0.25) is 0 Å². The second kappa shape index (κ2) is 7.53. The maximum Gasteiger partial charge on any atom is 0.272 e. The maximum atomic E-state index is 12.4. The van der Waals surface area contributed by atoms with Crippen LogP contribution in [-0.2, 0) is 0 Å². The predicted octanol–water partition coefficient (Wildman–Crippen LogP) is 2.70. The van der Waals surface area contributed by atoms with Gasteiger partial charge in [0.1, 0.15) is 11.5 Å². The van der Waals surface area contributed by atoms with Crippen LogP contribution in [0.4, 0.5) is 11.5 Å². The number of para-hydroxylation sites is 1. The molecule has 1 aromatic heterocycles. The van der Waals surface area contributed by atoms with Crippen LogP contribution in [0.15, 0.2) is 42.5 Å². The molecule has 1 aromatic carbocycles. The van der Waals surface area contributed by atoms with Crippen molar-refractivity contribution in [2.24, 2.45) is 0 Å². The molecule has 0 aliphatic carbocycles. The van der Waals surface area contributed by atoms with Crippen LogP contribution in [0.25, 0.3) is 0 Å². The van der Waals surface area contributed by atoms with Crippen LogP contribution in [0.3, 0.4) is 0 Å². The second-order valence-electron chi connectivity index (χ2n) is 5.18. The lowest BCUT2D eigenvalue weighted by atomic mass is 10.2. The van der Waals surface area contributed by atoms with Gasteiger partial charge in [-0.2, -0.15) is 0 Å². The van der Waals surface area contributed by atoms with Crippen LogP contribution >= 0.6 is 24.0 Å². The van der Waals surface area contributed by atoms with Crippen molar-refractivity contribution in [3.05, 3.63) is 53.2 Å². The zero-order valence-corrected chi connectivity index (χ0v) is 14.1. The van der Waals surface area contributed by atoms with Gasteiger partial charge in [0.15, 0.2) is 0 Å². The van der Waals surface area contributed by atoms with Gasteiger partial charge in [-0.3, -0.25) is 4.79 Å². The molecule has 7 heteroatoms. The van der Waals surface area contributed by atoms with Crippen LogP contribution in [0.5, 0.6) is 0 Å². The van der Waals surface area contributed by atoms with Crippen LogP contribution in [-0.4, -0.2) is 42.0 Å². The van der Waals surface area contributed by atoms with E-state index in [2.05, 4.69) is 9.88 Å². The van der Waals surface area contributed by atoms with E-state index in [1.54, 1.807) is 23.1 Å². The fourth-order valence-electron chi connectivity index (χ4n) is 2.59. The smallest absolute Gasteiger partial charge is 0.272 e. The number of carbonyl (C=O) groups is 1. The van der Waals surface area contributed by atoms with Crippen molar-refractivity contribution in [3.8, 4) is 0 Å². The number of aromatic nitrogens is 1. The molecule has 0 atom stereocenters. The monoisotopic (exact) mass is 352 g/mol. The molecule has 1 aliphatic heterocycles. The number of benzene rings is 1. The SMILES string of the molecule is Cl.Nc1cccc(C(=O)N2CCN(c3ccccc3Cl)CC2)n1. The third kappa shape index (κ3) is 3.86. The Kier molecular flexibility index (Phi) is 5.69. The van der Waals surface area contributed by atoms with Gasteiger partial charge in [0.05, 0.1) is 10.7 Å². The fraction of sp³-hybridized carbons (Fsp3) is 0.250. The molecule has 2 aromatic rings. The number of pyridine rings is 1. The molecule has 0 saturated carbocycles. The van der Waals surface area contributed by atoms with Crippen molar-refractivity contribution in [1.29, 1.82) is 0 Å². The van der Waals surface area contributed by atoms with Crippen molar-refractivity contribution < 1.29 is 4.79 Å². The van der Waals surface area contributed by atoms with Gasteiger partial charge in [-0.25, -0.2) is 4.98 Å². The third-order valence-corrected chi connectivity index (χ3v) is 4.07. The van der Waals surface area contributed by atoms with Gasteiger partial charge in [-0.1, -0.05) is 29.8 Å². The average molecular weight is 353 g/mol. The van der Waals surface area contributed by atoms with E-state index >= 15 is 0 Å². The Balaban J connectivity index is 0.00000192. The first-order valence-corrected chi connectivity index (χ1v) is 7.54. The number of nitrogens with zero attached hydrogens (tertiary/aromatic N) is 3. The van der Waals surface area contributed by atoms with E-state index < -0.39 is 0 Å². The van der Waals surface area contributed by atoms with Crippen LogP contribution in [0.2, 0.25) is 5.02 Å². The molecule has 0 bridgehead atoms. The lowest BCUT2D eigenvalue weighted by molar-refractivity contribution is 0.0741. The number of rotatable bonds is 2.